The average Bonchev–Trinajstić information content (AvgIpc) is 2.80. The molecule has 0 unspecified atom stereocenters. The molecule has 0 aliphatic carbocycles. The van der Waals surface area contributed by atoms with Crippen LogP contribution in [0.4, 0.5) is 5.82 Å². The van der Waals surface area contributed by atoms with Crippen molar-refractivity contribution in [1.29, 1.82) is 0 Å². The number of nitrogen functional groups attached to an aromatic ring is 1. The summed E-state index contributed by atoms with van der Waals surface area (Å²) in [6.07, 6.45) is 1.91. The molecule has 1 heterocycles. The average molecular weight is 261 g/mol. The van der Waals surface area contributed by atoms with E-state index in [0.29, 0.717) is 17.3 Å². The van der Waals surface area contributed by atoms with Gasteiger partial charge in [-0.1, -0.05) is 13.3 Å². The summed E-state index contributed by atoms with van der Waals surface area (Å²) in [6, 6.07) is 5.76. The van der Waals surface area contributed by atoms with Gasteiger partial charge in [0.05, 0.1) is 19.9 Å². The van der Waals surface area contributed by atoms with E-state index in [-0.39, 0.29) is 0 Å². The van der Waals surface area contributed by atoms with E-state index in [4.69, 9.17) is 15.2 Å². The number of H-pyrrole nitrogens is 1. The summed E-state index contributed by atoms with van der Waals surface area (Å²) in [6.45, 7) is 2.12. The molecular weight excluding hydrogens is 242 g/mol. The first kappa shape index (κ1) is 13.3. The number of nitrogens with zero attached hydrogens (tertiary/aromatic N) is 1. The number of benzene rings is 1. The molecule has 0 saturated carbocycles. The van der Waals surface area contributed by atoms with Gasteiger partial charge in [0.2, 0.25) is 0 Å². The lowest BCUT2D eigenvalue weighted by Gasteiger charge is -2.09. The minimum absolute atomic E-state index is 0.562. The fourth-order valence-electron chi connectivity index (χ4n) is 2.11. The van der Waals surface area contributed by atoms with Gasteiger partial charge >= 0.3 is 0 Å². The van der Waals surface area contributed by atoms with Crippen LogP contribution in [0, 0.1) is 0 Å². The summed E-state index contributed by atoms with van der Waals surface area (Å²) in [7, 11) is 3.24. The molecule has 1 aromatic heterocycles. The highest BCUT2D eigenvalue weighted by molar-refractivity contribution is 5.70. The van der Waals surface area contributed by atoms with E-state index in [0.717, 1.165) is 29.7 Å². The molecule has 19 heavy (non-hydrogen) atoms. The van der Waals surface area contributed by atoms with Crippen LogP contribution in [0.15, 0.2) is 18.2 Å². The molecule has 0 radical (unpaired) electrons. The van der Waals surface area contributed by atoms with Crippen LogP contribution in [0.25, 0.3) is 11.3 Å². The maximum Gasteiger partial charge on any atom is 0.161 e. The predicted octanol–water partition coefficient (Wildman–Crippen LogP) is 2.63. The van der Waals surface area contributed by atoms with Gasteiger partial charge in [-0.05, 0) is 24.6 Å². The molecule has 2 aromatic rings. The lowest BCUT2D eigenvalue weighted by molar-refractivity contribution is 0.355. The predicted molar refractivity (Wildman–Crippen MR) is 75.5 cm³/mol. The molecule has 102 valence electrons. The molecular formula is C14H19N3O2. The van der Waals surface area contributed by atoms with Gasteiger partial charge in [0.25, 0.3) is 0 Å². The van der Waals surface area contributed by atoms with Crippen molar-refractivity contribution < 1.29 is 9.47 Å². The number of nitrogens with one attached hydrogen (secondary N) is 1. The number of aromatic nitrogens is 2. The van der Waals surface area contributed by atoms with Crippen LogP contribution < -0.4 is 15.2 Å². The maximum absolute atomic E-state index is 5.89. The van der Waals surface area contributed by atoms with Gasteiger partial charge in [-0.2, -0.15) is 5.10 Å². The Kier molecular flexibility index (Phi) is 3.94. The monoisotopic (exact) mass is 261 g/mol. The van der Waals surface area contributed by atoms with Gasteiger partial charge < -0.3 is 15.2 Å². The molecule has 0 bridgehead atoms. The Morgan fingerprint density at radius 2 is 1.95 bits per heavy atom. The largest absolute Gasteiger partial charge is 0.493 e. The molecule has 5 heteroatoms. The molecule has 1 aromatic carbocycles. The van der Waals surface area contributed by atoms with Crippen molar-refractivity contribution in [3.8, 4) is 22.8 Å². The number of anilines is 1. The summed E-state index contributed by atoms with van der Waals surface area (Å²) in [5, 5.41) is 7.08. The van der Waals surface area contributed by atoms with Gasteiger partial charge in [0, 0.05) is 11.1 Å². The van der Waals surface area contributed by atoms with Gasteiger partial charge in [-0.3, -0.25) is 5.10 Å². The summed E-state index contributed by atoms with van der Waals surface area (Å²) in [5.41, 5.74) is 8.88. The fraction of sp³-hybridized carbons (Fsp3) is 0.357. The Morgan fingerprint density at radius 1 is 1.21 bits per heavy atom. The van der Waals surface area contributed by atoms with Crippen molar-refractivity contribution in [2.24, 2.45) is 0 Å². The van der Waals surface area contributed by atoms with E-state index in [1.54, 1.807) is 14.2 Å². The van der Waals surface area contributed by atoms with E-state index < -0.39 is 0 Å². The van der Waals surface area contributed by atoms with Crippen molar-refractivity contribution in [2.75, 3.05) is 20.0 Å². The van der Waals surface area contributed by atoms with Crippen LogP contribution >= 0.6 is 0 Å². The Balaban J connectivity index is 2.47. The zero-order valence-corrected chi connectivity index (χ0v) is 11.5. The Bertz CT molecular complexity index is 564. The number of nitrogens with two attached hydrogens (primary N) is 1. The summed E-state index contributed by atoms with van der Waals surface area (Å²) >= 11 is 0. The van der Waals surface area contributed by atoms with E-state index >= 15 is 0 Å². The van der Waals surface area contributed by atoms with Crippen LogP contribution in [-0.4, -0.2) is 24.4 Å². The highest BCUT2D eigenvalue weighted by atomic mass is 16.5. The third kappa shape index (κ3) is 2.50. The minimum Gasteiger partial charge on any atom is -0.493 e. The second-order valence-corrected chi connectivity index (χ2v) is 4.28. The second kappa shape index (κ2) is 5.65. The highest BCUT2D eigenvalue weighted by Crippen LogP contribution is 2.34. The first-order valence-corrected chi connectivity index (χ1v) is 6.26. The van der Waals surface area contributed by atoms with Gasteiger partial charge in [-0.25, -0.2) is 0 Å². The second-order valence-electron chi connectivity index (χ2n) is 4.28. The van der Waals surface area contributed by atoms with E-state index in [2.05, 4.69) is 17.1 Å². The van der Waals surface area contributed by atoms with Crippen LogP contribution in [0.5, 0.6) is 11.5 Å². The molecule has 0 aliphatic heterocycles. The smallest absolute Gasteiger partial charge is 0.161 e. The van der Waals surface area contributed by atoms with E-state index in [1.807, 2.05) is 18.2 Å². The molecule has 0 atom stereocenters. The third-order valence-electron chi connectivity index (χ3n) is 3.07. The van der Waals surface area contributed by atoms with Crippen molar-refractivity contribution in [3.05, 3.63) is 23.8 Å². The van der Waals surface area contributed by atoms with Crippen LogP contribution in [0.3, 0.4) is 0 Å². The molecule has 0 fully saturated rings. The summed E-state index contributed by atoms with van der Waals surface area (Å²) in [4.78, 5) is 0. The molecule has 2 rings (SSSR count). The van der Waals surface area contributed by atoms with E-state index in [9.17, 15) is 0 Å². The fourth-order valence-corrected chi connectivity index (χ4v) is 2.11. The number of ether oxygens (including phenoxy) is 2. The Morgan fingerprint density at radius 3 is 2.58 bits per heavy atom. The number of methoxy groups -OCH3 is 2. The van der Waals surface area contributed by atoms with Crippen LogP contribution in [0.1, 0.15) is 18.9 Å². The first-order valence-electron chi connectivity index (χ1n) is 6.26. The topological polar surface area (TPSA) is 73.2 Å². The minimum atomic E-state index is 0.562. The summed E-state index contributed by atoms with van der Waals surface area (Å²) in [5.74, 6) is 1.96. The zero-order valence-electron chi connectivity index (χ0n) is 11.5. The van der Waals surface area contributed by atoms with Gasteiger partial charge in [0.15, 0.2) is 11.5 Å². The lowest BCUT2D eigenvalue weighted by Crippen LogP contribution is -1.94. The van der Waals surface area contributed by atoms with Crippen molar-refractivity contribution in [3.63, 3.8) is 0 Å². The molecule has 0 spiro atoms. The molecule has 0 amide bonds. The standard InChI is InChI=1S/C14H19N3O2/c1-4-5-10-13(16-17-14(10)15)9-6-7-11(18-2)12(8-9)19-3/h6-8H,4-5H2,1-3H3,(H3,15,16,17). The molecule has 5 nitrogen and oxygen atoms in total. The number of hydrogen-bond donors (Lipinski definition) is 2. The van der Waals surface area contributed by atoms with Crippen LogP contribution in [0.2, 0.25) is 0 Å². The lowest BCUT2D eigenvalue weighted by atomic mass is 10.0. The SMILES string of the molecule is CCCc1c(N)n[nH]c1-c1ccc(OC)c(OC)c1. The van der Waals surface area contributed by atoms with Gasteiger partial charge in [-0.15, -0.1) is 0 Å². The number of hydrogen-bond acceptors (Lipinski definition) is 4. The maximum atomic E-state index is 5.89. The van der Waals surface area contributed by atoms with Crippen molar-refractivity contribution in [2.45, 2.75) is 19.8 Å². The first-order chi connectivity index (χ1) is 9.21. The van der Waals surface area contributed by atoms with Gasteiger partial charge in [0.1, 0.15) is 5.82 Å². The zero-order chi connectivity index (χ0) is 13.8. The molecule has 0 saturated heterocycles. The third-order valence-corrected chi connectivity index (χ3v) is 3.07. The normalized spacial score (nSPS) is 10.5. The van der Waals surface area contributed by atoms with Crippen LogP contribution in [-0.2, 0) is 6.42 Å². The van der Waals surface area contributed by atoms with E-state index in [1.165, 1.54) is 0 Å². The number of aromatic amines is 1. The molecule has 0 aliphatic rings. The summed E-state index contributed by atoms with van der Waals surface area (Å²) < 4.78 is 10.5. The molecule has 3 N–H and O–H groups in total. The van der Waals surface area contributed by atoms with Crippen molar-refractivity contribution in [1.82, 2.24) is 10.2 Å². The highest BCUT2D eigenvalue weighted by Gasteiger charge is 2.14. The van der Waals surface area contributed by atoms with Crippen molar-refractivity contribution >= 4 is 5.82 Å². The number of rotatable bonds is 5. The Hall–Kier alpha value is -2.17. The quantitative estimate of drug-likeness (QED) is 0.867. The Labute approximate surface area is 112 Å².